The molecule has 0 radical (unpaired) electrons. The van der Waals surface area contributed by atoms with Gasteiger partial charge in [-0.25, -0.2) is 0 Å². The highest BCUT2D eigenvalue weighted by Crippen LogP contribution is 2.34. The number of hydrogen-bond acceptors (Lipinski definition) is 5. The zero-order valence-electron chi connectivity index (χ0n) is 14.9. The second kappa shape index (κ2) is 8.19. The number of hydrogen-bond donors (Lipinski definition) is 2. The first-order valence-electron chi connectivity index (χ1n) is 8.82. The van der Waals surface area contributed by atoms with Crippen LogP contribution in [0, 0.1) is 0 Å². The third-order valence-corrected chi connectivity index (χ3v) is 4.54. The molecule has 0 fully saturated rings. The number of benzene rings is 2. The molecule has 0 atom stereocenters. The molecule has 0 unspecified atom stereocenters. The average Bonchev–Trinajstić information content (AvgIpc) is 3.18. The molecule has 1 aliphatic heterocycles. The van der Waals surface area contributed by atoms with Crippen LogP contribution in [0.15, 0.2) is 60.9 Å². The summed E-state index contributed by atoms with van der Waals surface area (Å²) in [6, 6.07) is 14.8. The van der Waals surface area contributed by atoms with Gasteiger partial charge >= 0.3 is 0 Å². The summed E-state index contributed by atoms with van der Waals surface area (Å²) in [7, 11) is 0. The van der Waals surface area contributed by atoms with Crippen molar-refractivity contribution in [3.63, 3.8) is 0 Å². The topological polar surface area (TPSA) is 72.5 Å². The molecule has 2 heterocycles. The first kappa shape index (κ1) is 18.1. The van der Waals surface area contributed by atoms with Crippen LogP contribution in [0.1, 0.15) is 15.9 Å². The molecule has 1 aromatic heterocycles. The Morgan fingerprint density at radius 3 is 2.68 bits per heavy atom. The van der Waals surface area contributed by atoms with E-state index in [0.29, 0.717) is 22.7 Å². The number of aromatic nitrogens is 1. The number of nitrogens with zero attached hydrogens (tertiary/aromatic N) is 1. The van der Waals surface area contributed by atoms with Gasteiger partial charge in [-0.05, 0) is 42.3 Å². The van der Waals surface area contributed by atoms with Gasteiger partial charge in [0.1, 0.15) is 0 Å². The molecule has 0 saturated carbocycles. The Morgan fingerprint density at radius 2 is 1.82 bits per heavy atom. The molecule has 0 aliphatic carbocycles. The lowest BCUT2D eigenvalue weighted by atomic mass is 10.1. The Hall–Kier alpha value is -3.25. The van der Waals surface area contributed by atoms with Crippen molar-refractivity contribution < 1.29 is 14.3 Å². The third kappa shape index (κ3) is 4.35. The Balaban J connectivity index is 1.36. The molecule has 2 aromatic carbocycles. The summed E-state index contributed by atoms with van der Waals surface area (Å²) in [6.45, 7) is 0.914. The predicted octanol–water partition coefficient (Wildman–Crippen LogP) is 4.37. The molecule has 1 aliphatic rings. The summed E-state index contributed by atoms with van der Waals surface area (Å²) < 4.78 is 10.6. The van der Waals surface area contributed by atoms with E-state index in [4.69, 9.17) is 21.1 Å². The van der Waals surface area contributed by atoms with E-state index in [2.05, 4.69) is 15.6 Å². The fraction of sp³-hybridized carbons (Fsp3) is 0.143. The number of carbonyl (C=O) groups excluding carboxylic acids is 1. The summed E-state index contributed by atoms with van der Waals surface area (Å²) in [6.07, 6.45) is 4.07. The summed E-state index contributed by atoms with van der Waals surface area (Å²) >= 11 is 5.90. The van der Waals surface area contributed by atoms with Crippen LogP contribution in [0.2, 0.25) is 5.02 Å². The van der Waals surface area contributed by atoms with Crippen LogP contribution in [-0.4, -0.2) is 24.2 Å². The van der Waals surface area contributed by atoms with Gasteiger partial charge in [-0.3, -0.25) is 9.78 Å². The highest BCUT2D eigenvalue weighted by atomic mass is 35.5. The maximum Gasteiger partial charge on any atom is 0.257 e. The van der Waals surface area contributed by atoms with Crippen molar-refractivity contribution in [2.45, 2.75) is 6.42 Å². The molecular formula is C21H18ClN3O3. The predicted molar refractivity (Wildman–Crippen MR) is 108 cm³/mol. The molecule has 1 amide bonds. The Labute approximate surface area is 167 Å². The van der Waals surface area contributed by atoms with Gasteiger partial charge in [0.15, 0.2) is 11.5 Å². The van der Waals surface area contributed by atoms with E-state index in [1.165, 1.54) is 11.8 Å². The van der Waals surface area contributed by atoms with Gasteiger partial charge in [0.2, 0.25) is 6.79 Å². The minimum Gasteiger partial charge on any atom is -0.454 e. The molecule has 142 valence electrons. The Kier molecular flexibility index (Phi) is 5.30. The second-order valence-electron chi connectivity index (χ2n) is 6.29. The van der Waals surface area contributed by atoms with E-state index in [9.17, 15) is 4.79 Å². The largest absolute Gasteiger partial charge is 0.454 e. The van der Waals surface area contributed by atoms with Gasteiger partial charge < -0.3 is 20.1 Å². The summed E-state index contributed by atoms with van der Waals surface area (Å²) in [5.74, 6) is 1.05. The molecule has 0 spiro atoms. The lowest BCUT2D eigenvalue weighted by molar-refractivity contribution is 0.102. The SMILES string of the molecule is O=C(Nc1ccc2c(c1)OCO2)c1cncc(NCCc2ccc(Cl)cc2)c1. The van der Waals surface area contributed by atoms with Crippen molar-refractivity contribution in [2.75, 3.05) is 24.0 Å². The average molecular weight is 396 g/mol. The van der Waals surface area contributed by atoms with Crippen LogP contribution in [0.25, 0.3) is 0 Å². The van der Waals surface area contributed by atoms with E-state index in [-0.39, 0.29) is 12.7 Å². The Bertz CT molecular complexity index is 992. The first-order chi connectivity index (χ1) is 13.7. The maximum atomic E-state index is 12.5. The molecule has 6 nitrogen and oxygen atoms in total. The van der Waals surface area contributed by atoms with Crippen molar-refractivity contribution in [2.24, 2.45) is 0 Å². The monoisotopic (exact) mass is 395 g/mol. The van der Waals surface area contributed by atoms with Crippen LogP contribution in [0.5, 0.6) is 11.5 Å². The number of amides is 1. The van der Waals surface area contributed by atoms with Gasteiger partial charge in [-0.1, -0.05) is 23.7 Å². The number of fused-ring (bicyclic) bond motifs is 1. The first-order valence-corrected chi connectivity index (χ1v) is 9.19. The van der Waals surface area contributed by atoms with Crippen LogP contribution in [-0.2, 0) is 6.42 Å². The van der Waals surface area contributed by atoms with Crippen LogP contribution < -0.4 is 20.1 Å². The summed E-state index contributed by atoms with van der Waals surface area (Å²) in [4.78, 5) is 16.7. The molecule has 7 heteroatoms. The van der Waals surface area contributed by atoms with Crippen molar-refractivity contribution >= 4 is 28.9 Å². The van der Waals surface area contributed by atoms with Crippen molar-refractivity contribution in [3.8, 4) is 11.5 Å². The minimum atomic E-state index is -0.243. The zero-order valence-corrected chi connectivity index (χ0v) is 15.7. The highest BCUT2D eigenvalue weighted by Gasteiger charge is 2.15. The number of anilines is 2. The van der Waals surface area contributed by atoms with Crippen molar-refractivity contribution in [1.29, 1.82) is 0 Å². The van der Waals surface area contributed by atoms with Crippen molar-refractivity contribution in [1.82, 2.24) is 4.98 Å². The molecule has 3 aromatic rings. The molecule has 4 rings (SSSR count). The molecule has 0 saturated heterocycles. The van der Waals surface area contributed by atoms with Gasteiger partial charge in [0, 0.05) is 35.7 Å². The fourth-order valence-corrected chi connectivity index (χ4v) is 2.97. The van der Waals surface area contributed by atoms with E-state index >= 15 is 0 Å². The lowest BCUT2D eigenvalue weighted by Crippen LogP contribution is -2.13. The van der Waals surface area contributed by atoms with Crippen LogP contribution in [0.3, 0.4) is 0 Å². The summed E-state index contributed by atoms with van der Waals surface area (Å²) in [5, 5.41) is 6.86. The van der Waals surface area contributed by atoms with Gasteiger partial charge in [0.25, 0.3) is 5.91 Å². The number of halogens is 1. The molecule has 28 heavy (non-hydrogen) atoms. The van der Waals surface area contributed by atoms with E-state index in [1.807, 2.05) is 24.3 Å². The smallest absolute Gasteiger partial charge is 0.257 e. The zero-order chi connectivity index (χ0) is 19.3. The number of ether oxygens (including phenoxy) is 2. The number of rotatable bonds is 6. The third-order valence-electron chi connectivity index (χ3n) is 4.29. The van der Waals surface area contributed by atoms with Gasteiger partial charge in [-0.2, -0.15) is 0 Å². The number of pyridine rings is 1. The van der Waals surface area contributed by atoms with Crippen LogP contribution >= 0.6 is 11.6 Å². The standard InChI is InChI=1S/C21H18ClN3O3/c22-16-3-1-14(2-4-16)7-8-24-18-9-15(11-23-12-18)21(26)25-17-5-6-19-20(10-17)28-13-27-19/h1-6,9-12,24H,7-8,13H2,(H,25,26). The molecular weight excluding hydrogens is 378 g/mol. The maximum absolute atomic E-state index is 12.5. The Morgan fingerprint density at radius 1 is 1.00 bits per heavy atom. The lowest BCUT2D eigenvalue weighted by Gasteiger charge is -2.09. The van der Waals surface area contributed by atoms with Gasteiger partial charge in [-0.15, -0.1) is 0 Å². The number of nitrogens with one attached hydrogen (secondary N) is 2. The fourth-order valence-electron chi connectivity index (χ4n) is 2.84. The number of carbonyl (C=O) groups is 1. The van der Waals surface area contributed by atoms with E-state index in [1.54, 1.807) is 30.5 Å². The second-order valence-corrected chi connectivity index (χ2v) is 6.72. The normalized spacial score (nSPS) is 11.9. The van der Waals surface area contributed by atoms with E-state index < -0.39 is 0 Å². The minimum absolute atomic E-state index is 0.195. The van der Waals surface area contributed by atoms with Crippen molar-refractivity contribution in [3.05, 3.63) is 77.1 Å². The quantitative estimate of drug-likeness (QED) is 0.648. The highest BCUT2D eigenvalue weighted by molar-refractivity contribution is 6.30. The van der Waals surface area contributed by atoms with Gasteiger partial charge in [0.05, 0.1) is 11.3 Å². The molecule has 0 bridgehead atoms. The summed E-state index contributed by atoms with van der Waals surface area (Å²) in [5.41, 5.74) is 3.07. The molecule has 2 N–H and O–H groups in total. The van der Waals surface area contributed by atoms with E-state index in [0.717, 1.165) is 23.7 Å². The van der Waals surface area contributed by atoms with Crippen LogP contribution in [0.4, 0.5) is 11.4 Å².